The van der Waals surface area contributed by atoms with E-state index in [0.717, 1.165) is 5.56 Å². The lowest BCUT2D eigenvalue weighted by molar-refractivity contribution is 0.325. The monoisotopic (exact) mass is 285 g/mol. The first-order chi connectivity index (χ1) is 8.49. The average Bonchev–Trinajstić information content (AvgIpc) is 2.81. The van der Waals surface area contributed by atoms with E-state index in [0.29, 0.717) is 17.3 Å². The molecule has 0 saturated heterocycles. The summed E-state index contributed by atoms with van der Waals surface area (Å²) < 4.78 is 18.3. The van der Waals surface area contributed by atoms with E-state index in [4.69, 9.17) is 10.3 Å². The molecule has 0 aliphatic carbocycles. The summed E-state index contributed by atoms with van der Waals surface area (Å²) in [6.45, 7) is 5.66. The van der Waals surface area contributed by atoms with Crippen LogP contribution in [0.25, 0.3) is 11.4 Å². The summed E-state index contributed by atoms with van der Waals surface area (Å²) in [5.74, 6) is 0.806. The number of hydrogen-bond acceptors (Lipinski definition) is 4. The number of aryl methyl sites for hydroxylation is 1. The number of halogens is 2. The van der Waals surface area contributed by atoms with Crippen molar-refractivity contribution in [1.82, 2.24) is 10.1 Å². The van der Waals surface area contributed by atoms with E-state index in [1.165, 1.54) is 6.07 Å². The maximum absolute atomic E-state index is 13.2. The summed E-state index contributed by atoms with van der Waals surface area (Å²) in [4.78, 5) is 4.25. The molecule has 0 radical (unpaired) electrons. The number of aromatic nitrogens is 2. The molecule has 1 heterocycles. The van der Waals surface area contributed by atoms with Gasteiger partial charge >= 0.3 is 0 Å². The van der Waals surface area contributed by atoms with Gasteiger partial charge in [-0.15, -0.1) is 12.4 Å². The molecule has 0 spiro atoms. The Bertz CT molecular complexity index is 557. The smallest absolute Gasteiger partial charge is 0.244 e. The predicted molar refractivity (Wildman–Crippen MR) is 73.4 cm³/mol. The van der Waals surface area contributed by atoms with Crippen LogP contribution >= 0.6 is 12.4 Å². The second kappa shape index (κ2) is 6.12. The number of hydrogen-bond donors (Lipinski definition) is 1. The zero-order valence-corrected chi connectivity index (χ0v) is 11.9. The molecule has 0 unspecified atom stereocenters. The summed E-state index contributed by atoms with van der Waals surface area (Å²) in [5, 5.41) is 3.87. The van der Waals surface area contributed by atoms with Gasteiger partial charge in [0.25, 0.3) is 0 Å². The zero-order valence-electron chi connectivity index (χ0n) is 11.1. The minimum Gasteiger partial charge on any atom is -0.337 e. The normalized spacial score (nSPS) is 12.3. The summed E-state index contributed by atoms with van der Waals surface area (Å²) in [5.41, 5.74) is 7.20. The van der Waals surface area contributed by atoms with E-state index in [1.807, 2.05) is 13.8 Å². The van der Waals surface area contributed by atoms with Crippen LogP contribution in [-0.4, -0.2) is 10.1 Å². The van der Waals surface area contributed by atoms with E-state index >= 15 is 0 Å². The minimum absolute atomic E-state index is 0. The van der Waals surface area contributed by atoms with E-state index in [1.54, 1.807) is 19.1 Å². The maximum atomic E-state index is 13.2. The van der Waals surface area contributed by atoms with Gasteiger partial charge in [0.15, 0.2) is 0 Å². The third-order valence-electron chi connectivity index (χ3n) is 2.86. The molecule has 0 bridgehead atoms. The van der Waals surface area contributed by atoms with Crippen LogP contribution in [-0.2, 0) is 0 Å². The standard InChI is InChI=1S/C13H16FN3O.ClH/c1-7(2)11(15)13-16-12(17-18-13)9-4-5-10(14)8(3)6-9;/h4-7,11H,15H2,1-3H3;1H/t11-;/m0./s1. The summed E-state index contributed by atoms with van der Waals surface area (Å²) in [6.07, 6.45) is 0. The molecule has 0 amide bonds. The number of nitrogens with two attached hydrogens (primary N) is 1. The molecule has 0 aliphatic rings. The first kappa shape index (κ1) is 15.6. The van der Waals surface area contributed by atoms with Gasteiger partial charge in [-0.05, 0) is 36.6 Å². The quantitative estimate of drug-likeness (QED) is 0.940. The van der Waals surface area contributed by atoms with Crippen LogP contribution in [0.1, 0.15) is 31.3 Å². The van der Waals surface area contributed by atoms with E-state index < -0.39 is 0 Å². The molecule has 6 heteroatoms. The fourth-order valence-electron chi connectivity index (χ4n) is 1.56. The van der Waals surface area contributed by atoms with Gasteiger partial charge in [0.2, 0.25) is 11.7 Å². The highest BCUT2D eigenvalue weighted by atomic mass is 35.5. The van der Waals surface area contributed by atoms with Gasteiger partial charge in [-0.2, -0.15) is 4.98 Å². The van der Waals surface area contributed by atoms with Gasteiger partial charge in [0.05, 0.1) is 6.04 Å². The van der Waals surface area contributed by atoms with Crippen molar-refractivity contribution in [2.24, 2.45) is 11.7 Å². The van der Waals surface area contributed by atoms with Crippen LogP contribution in [0.3, 0.4) is 0 Å². The Labute approximate surface area is 117 Å². The Morgan fingerprint density at radius 3 is 2.58 bits per heavy atom. The van der Waals surface area contributed by atoms with Crippen molar-refractivity contribution < 1.29 is 8.91 Å². The fraction of sp³-hybridized carbons (Fsp3) is 0.385. The molecule has 0 saturated carbocycles. The molecule has 19 heavy (non-hydrogen) atoms. The number of benzene rings is 1. The lowest BCUT2D eigenvalue weighted by Gasteiger charge is -2.09. The Hall–Kier alpha value is -1.46. The summed E-state index contributed by atoms with van der Waals surface area (Å²) in [7, 11) is 0. The van der Waals surface area contributed by atoms with Gasteiger partial charge in [-0.3, -0.25) is 0 Å². The zero-order chi connectivity index (χ0) is 13.3. The van der Waals surface area contributed by atoms with Gasteiger partial charge < -0.3 is 10.3 Å². The first-order valence-corrected chi connectivity index (χ1v) is 5.84. The van der Waals surface area contributed by atoms with Crippen LogP contribution in [0.5, 0.6) is 0 Å². The molecule has 2 aromatic rings. The van der Waals surface area contributed by atoms with E-state index in [2.05, 4.69) is 10.1 Å². The van der Waals surface area contributed by atoms with Crippen molar-refractivity contribution in [2.45, 2.75) is 26.8 Å². The van der Waals surface area contributed by atoms with Gasteiger partial charge in [0.1, 0.15) is 5.82 Å². The van der Waals surface area contributed by atoms with Crippen molar-refractivity contribution in [3.63, 3.8) is 0 Å². The molecule has 1 atom stereocenters. The molecule has 1 aromatic carbocycles. The SMILES string of the molecule is Cc1cc(-c2noc([C@@H](N)C(C)C)n2)ccc1F.Cl. The third-order valence-corrected chi connectivity index (χ3v) is 2.86. The highest BCUT2D eigenvalue weighted by molar-refractivity contribution is 5.85. The highest BCUT2D eigenvalue weighted by Gasteiger charge is 2.18. The third kappa shape index (κ3) is 3.30. The second-order valence-electron chi connectivity index (χ2n) is 4.69. The van der Waals surface area contributed by atoms with Crippen molar-refractivity contribution in [3.8, 4) is 11.4 Å². The minimum atomic E-state index is -0.284. The molecule has 2 N–H and O–H groups in total. The first-order valence-electron chi connectivity index (χ1n) is 5.84. The molecule has 0 fully saturated rings. The topological polar surface area (TPSA) is 64.9 Å². The molecule has 104 valence electrons. The number of nitrogens with zero attached hydrogens (tertiary/aromatic N) is 2. The van der Waals surface area contributed by atoms with Crippen molar-refractivity contribution in [3.05, 3.63) is 35.5 Å². The molecule has 4 nitrogen and oxygen atoms in total. The molecular formula is C13H17ClFN3O. The van der Waals surface area contributed by atoms with Crippen LogP contribution in [0.4, 0.5) is 4.39 Å². The molecule has 0 aliphatic heterocycles. The van der Waals surface area contributed by atoms with Crippen LogP contribution in [0, 0.1) is 18.7 Å². The lowest BCUT2D eigenvalue weighted by atomic mass is 10.1. The van der Waals surface area contributed by atoms with E-state index in [-0.39, 0.29) is 30.2 Å². The van der Waals surface area contributed by atoms with Crippen molar-refractivity contribution in [1.29, 1.82) is 0 Å². The average molecular weight is 286 g/mol. The number of rotatable bonds is 3. The summed E-state index contributed by atoms with van der Waals surface area (Å²) in [6, 6.07) is 4.42. The highest BCUT2D eigenvalue weighted by Crippen LogP contribution is 2.22. The largest absolute Gasteiger partial charge is 0.337 e. The molecular weight excluding hydrogens is 269 g/mol. The fourth-order valence-corrected chi connectivity index (χ4v) is 1.56. The van der Waals surface area contributed by atoms with Crippen molar-refractivity contribution in [2.75, 3.05) is 0 Å². The summed E-state index contributed by atoms with van der Waals surface area (Å²) >= 11 is 0. The Balaban J connectivity index is 0.00000180. The molecule has 1 aromatic heterocycles. The Morgan fingerprint density at radius 2 is 2.00 bits per heavy atom. The van der Waals surface area contributed by atoms with Crippen LogP contribution in [0.2, 0.25) is 0 Å². The van der Waals surface area contributed by atoms with Crippen LogP contribution in [0.15, 0.2) is 22.7 Å². The van der Waals surface area contributed by atoms with Gasteiger partial charge in [-0.25, -0.2) is 4.39 Å². The van der Waals surface area contributed by atoms with Crippen molar-refractivity contribution >= 4 is 12.4 Å². The van der Waals surface area contributed by atoms with Gasteiger partial charge in [0, 0.05) is 5.56 Å². The Morgan fingerprint density at radius 1 is 1.32 bits per heavy atom. The van der Waals surface area contributed by atoms with Gasteiger partial charge in [-0.1, -0.05) is 19.0 Å². The van der Waals surface area contributed by atoms with Crippen LogP contribution < -0.4 is 5.73 Å². The Kier molecular flexibility index (Phi) is 5.03. The predicted octanol–water partition coefficient (Wildman–Crippen LogP) is 3.26. The molecule has 2 rings (SSSR count). The van der Waals surface area contributed by atoms with E-state index in [9.17, 15) is 4.39 Å². The second-order valence-corrected chi connectivity index (χ2v) is 4.69. The lowest BCUT2D eigenvalue weighted by Crippen LogP contribution is -2.16. The maximum Gasteiger partial charge on any atom is 0.244 e.